The zero-order valence-corrected chi connectivity index (χ0v) is 9.67. The summed E-state index contributed by atoms with van der Waals surface area (Å²) in [6.45, 7) is 0. The molecule has 0 fully saturated rings. The highest BCUT2D eigenvalue weighted by atomic mass is 35.5. The van der Waals surface area contributed by atoms with Crippen molar-refractivity contribution in [2.45, 2.75) is 31.8 Å². The Morgan fingerprint density at radius 3 is 2.94 bits per heavy atom. The lowest BCUT2D eigenvalue weighted by Gasteiger charge is -2.17. The molecule has 3 heteroatoms. The molecule has 16 heavy (non-hydrogen) atoms. The first-order chi connectivity index (χ1) is 7.65. The predicted molar refractivity (Wildman–Crippen MR) is 63.1 cm³/mol. The lowest BCUT2D eigenvalue weighted by Crippen LogP contribution is -2.10. The highest BCUT2D eigenvalue weighted by Gasteiger charge is 2.11. The Kier molecular flexibility index (Phi) is 3.62. The Morgan fingerprint density at radius 2 is 2.25 bits per heavy atom. The minimum atomic E-state index is -0.379. The smallest absolute Gasteiger partial charge is 0.142 e. The van der Waals surface area contributed by atoms with E-state index >= 15 is 0 Å². The van der Waals surface area contributed by atoms with Crippen LogP contribution >= 0.6 is 11.6 Å². The highest BCUT2D eigenvalue weighted by Crippen LogP contribution is 2.23. The summed E-state index contributed by atoms with van der Waals surface area (Å²) < 4.78 is 13.2. The molecule has 0 aromatic heterocycles. The molecule has 0 bridgehead atoms. The van der Waals surface area contributed by atoms with Gasteiger partial charge < -0.3 is 5.11 Å². The molecule has 1 unspecified atom stereocenters. The number of allylic oxidation sites excluding steroid dienone is 1. The first-order valence-electron chi connectivity index (χ1n) is 5.47. The van der Waals surface area contributed by atoms with E-state index in [1.54, 1.807) is 6.07 Å². The van der Waals surface area contributed by atoms with Crippen LogP contribution in [0.2, 0.25) is 5.02 Å². The summed E-state index contributed by atoms with van der Waals surface area (Å²) in [5.74, 6) is -0.379. The van der Waals surface area contributed by atoms with Crippen molar-refractivity contribution in [1.82, 2.24) is 0 Å². The third kappa shape index (κ3) is 2.83. The van der Waals surface area contributed by atoms with Crippen LogP contribution in [0.4, 0.5) is 4.39 Å². The second-order valence-corrected chi connectivity index (χ2v) is 4.62. The van der Waals surface area contributed by atoms with Gasteiger partial charge in [-0.2, -0.15) is 0 Å². The molecule has 1 aromatic rings. The molecule has 0 saturated heterocycles. The fourth-order valence-corrected chi connectivity index (χ4v) is 2.15. The third-order valence-corrected chi connectivity index (χ3v) is 3.15. The van der Waals surface area contributed by atoms with E-state index in [-0.39, 0.29) is 16.9 Å². The minimum absolute atomic E-state index is 0.154. The standard InChI is InChI=1S/C13H14ClFO/c14-12-5-4-10(8-13(12)15)6-9-2-1-3-11(16)7-9/h4-5,7-8,11,16H,1-3,6H2. The molecule has 1 atom stereocenters. The summed E-state index contributed by atoms with van der Waals surface area (Å²) >= 11 is 5.62. The van der Waals surface area contributed by atoms with Crippen molar-refractivity contribution < 1.29 is 9.50 Å². The van der Waals surface area contributed by atoms with Gasteiger partial charge in [0.2, 0.25) is 0 Å². The Labute approximate surface area is 99.6 Å². The van der Waals surface area contributed by atoms with Gasteiger partial charge in [0.15, 0.2) is 0 Å². The maximum atomic E-state index is 13.2. The number of hydrogen-bond donors (Lipinski definition) is 1. The van der Waals surface area contributed by atoms with Gasteiger partial charge in [0.1, 0.15) is 5.82 Å². The fourth-order valence-electron chi connectivity index (χ4n) is 2.04. The van der Waals surface area contributed by atoms with Gasteiger partial charge in [-0.25, -0.2) is 4.39 Å². The van der Waals surface area contributed by atoms with Gasteiger partial charge in [-0.1, -0.05) is 29.3 Å². The topological polar surface area (TPSA) is 20.2 Å². The summed E-state index contributed by atoms with van der Waals surface area (Å²) in [5, 5.41) is 9.64. The molecule has 1 nitrogen and oxygen atoms in total. The molecule has 1 aromatic carbocycles. The van der Waals surface area contributed by atoms with Crippen molar-refractivity contribution in [2.75, 3.05) is 0 Å². The number of halogens is 2. The second kappa shape index (κ2) is 4.98. The second-order valence-electron chi connectivity index (χ2n) is 4.21. The first kappa shape index (κ1) is 11.6. The summed E-state index contributed by atoms with van der Waals surface area (Å²) in [5.41, 5.74) is 2.09. The van der Waals surface area contributed by atoms with Crippen LogP contribution in [0.3, 0.4) is 0 Å². The van der Waals surface area contributed by atoms with Crippen LogP contribution in [0.5, 0.6) is 0 Å². The number of rotatable bonds is 2. The molecular formula is C13H14ClFO. The van der Waals surface area contributed by atoms with Gasteiger partial charge in [0, 0.05) is 0 Å². The summed E-state index contributed by atoms with van der Waals surface area (Å²) in [7, 11) is 0. The van der Waals surface area contributed by atoms with Gasteiger partial charge >= 0.3 is 0 Å². The van der Waals surface area contributed by atoms with E-state index in [1.807, 2.05) is 12.1 Å². The normalized spacial score (nSPS) is 20.7. The average molecular weight is 241 g/mol. The van der Waals surface area contributed by atoms with Crippen molar-refractivity contribution in [3.05, 3.63) is 46.3 Å². The average Bonchev–Trinajstić information content (AvgIpc) is 2.24. The minimum Gasteiger partial charge on any atom is -0.389 e. The molecule has 1 aliphatic carbocycles. The number of aliphatic hydroxyl groups excluding tert-OH is 1. The molecule has 0 heterocycles. The Bertz CT molecular complexity index is 414. The maximum absolute atomic E-state index is 13.2. The maximum Gasteiger partial charge on any atom is 0.142 e. The molecule has 86 valence electrons. The SMILES string of the molecule is OC1C=C(Cc2ccc(Cl)c(F)c2)CCC1. The van der Waals surface area contributed by atoms with Gasteiger partial charge in [-0.15, -0.1) is 0 Å². The molecule has 2 rings (SSSR count). The van der Waals surface area contributed by atoms with Crippen molar-refractivity contribution >= 4 is 11.6 Å². The summed E-state index contributed by atoms with van der Waals surface area (Å²) in [4.78, 5) is 0. The highest BCUT2D eigenvalue weighted by molar-refractivity contribution is 6.30. The predicted octanol–water partition coefficient (Wildman–Crippen LogP) is 3.49. The monoisotopic (exact) mass is 240 g/mol. The zero-order chi connectivity index (χ0) is 11.5. The quantitative estimate of drug-likeness (QED) is 0.785. The number of benzene rings is 1. The Morgan fingerprint density at radius 1 is 1.44 bits per heavy atom. The van der Waals surface area contributed by atoms with E-state index < -0.39 is 0 Å². The van der Waals surface area contributed by atoms with Crippen molar-refractivity contribution in [3.63, 3.8) is 0 Å². The van der Waals surface area contributed by atoms with E-state index in [0.29, 0.717) is 6.42 Å². The van der Waals surface area contributed by atoms with Crippen molar-refractivity contribution in [1.29, 1.82) is 0 Å². The van der Waals surface area contributed by atoms with Crippen LogP contribution in [-0.2, 0) is 6.42 Å². The van der Waals surface area contributed by atoms with Gasteiger partial charge in [-0.05, 0) is 43.4 Å². The van der Waals surface area contributed by atoms with E-state index in [9.17, 15) is 9.50 Å². The summed E-state index contributed by atoms with van der Waals surface area (Å²) in [6.07, 6.45) is 5.07. The molecule has 1 N–H and O–H groups in total. The molecule has 1 aliphatic rings. The van der Waals surface area contributed by atoms with Gasteiger partial charge in [0.25, 0.3) is 0 Å². The summed E-state index contributed by atoms with van der Waals surface area (Å²) in [6, 6.07) is 4.86. The van der Waals surface area contributed by atoms with Crippen LogP contribution < -0.4 is 0 Å². The molecule has 0 saturated carbocycles. The van der Waals surface area contributed by atoms with Crippen LogP contribution in [0, 0.1) is 5.82 Å². The lowest BCUT2D eigenvalue weighted by molar-refractivity contribution is 0.202. The van der Waals surface area contributed by atoms with Crippen LogP contribution in [0.15, 0.2) is 29.8 Å². The Balaban J connectivity index is 2.11. The van der Waals surface area contributed by atoms with Crippen molar-refractivity contribution in [2.24, 2.45) is 0 Å². The molecule has 0 amide bonds. The first-order valence-corrected chi connectivity index (χ1v) is 5.84. The van der Waals surface area contributed by atoms with E-state index in [1.165, 1.54) is 11.6 Å². The largest absolute Gasteiger partial charge is 0.389 e. The van der Waals surface area contributed by atoms with E-state index in [2.05, 4.69) is 0 Å². The fraction of sp³-hybridized carbons (Fsp3) is 0.385. The third-order valence-electron chi connectivity index (χ3n) is 2.84. The molecule has 0 aliphatic heterocycles. The van der Waals surface area contributed by atoms with Crippen LogP contribution in [-0.4, -0.2) is 11.2 Å². The molecular weight excluding hydrogens is 227 g/mol. The van der Waals surface area contributed by atoms with E-state index in [4.69, 9.17) is 11.6 Å². The van der Waals surface area contributed by atoms with E-state index in [0.717, 1.165) is 24.8 Å². The lowest BCUT2D eigenvalue weighted by atomic mass is 9.93. The molecule has 0 spiro atoms. The van der Waals surface area contributed by atoms with Crippen LogP contribution in [0.1, 0.15) is 24.8 Å². The number of aliphatic hydroxyl groups is 1. The zero-order valence-electron chi connectivity index (χ0n) is 8.92. The van der Waals surface area contributed by atoms with Crippen molar-refractivity contribution in [3.8, 4) is 0 Å². The number of hydrogen-bond acceptors (Lipinski definition) is 1. The van der Waals surface area contributed by atoms with Gasteiger partial charge in [-0.3, -0.25) is 0 Å². The van der Waals surface area contributed by atoms with Crippen LogP contribution in [0.25, 0.3) is 0 Å². The molecule has 0 radical (unpaired) electrons. The Hall–Kier alpha value is -0.860. The van der Waals surface area contributed by atoms with Gasteiger partial charge in [0.05, 0.1) is 11.1 Å².